The molecule has 1 aromatic rings. The molecule has 4 nitrogen and oxygen atoms in total. The van der Waals surface area contributed by atoms with Crippen LogP contribution in [0.15, 0.2) is 29.2 Å². The molecule has 0 heterocycles. The van der Waals surface area contributed by atoms with Crippen molar-refractivity contribution in [3.8, 4) is 5.75 Å². The van der Waals surface area contributed by atoms with Crippen molar-refractivity contribution < 1.29 is 13.2 Å². The Balaban J connectivity index is 2.30. The van der Waals surface area contributed by atoms with Gasteiger partial charge in [0.15, 0.2) is 9.84 Å². The molecule has 0 N–H and O–H groups in total. The maximum Gasteiger partial charge on any atom is 0.175 e. The number of rotatable bonds is 10. The SMILES string of the molecule is CCCCCN(C)CCCOc1cccc(S(C)(=O)=O)c1. The molecule has 0 bridgehead atoms. The second-order valence-corrected chi connectivity index (χ2v) is 7.48. The molecular formula is C16H27NO3S. The van der Waals surface area contributed by atoms with Crippen LogP contribution in [0.25, 0.3) is 0 Å². The molecule has 0 spiro atoms. The maximum atomic E-state index is 11.5. The second kappa shape index (κ2) is 9.05. The molecule has 0 unspecified atom stereocenters. The van der Waals surface area contributed by atoms with Crippen molar-refractivity contribution in [1.82, 2.24) is 4.90 Å². The van der Waals surface area contributed by atoms with Crippen LogP contribution in [-0.2, 0) is 9.84 Å². The molecule has 0 saturated carbocycles. The van der Waals surface area contributed by atoms with Crippen molar-refractivity contribution in [3.63, 3.8) is 0 Å². The summed E-state index contributed by atoms with van der Waals surface area (Å²) in [5.41, 5.74) is 0. The van der Waals surface area contributed by atoms with E-state index in [2.05, 4.69) is 18.9 Å². The van der Waals surface area contributed by atoms with E-state index in [1.165, 1.54) is 25.5 Å². The topological polar surface area (TPSA) is 46.6 Å². The number of benzene rings is 1. The van der Waals surface area contributed by atoms with Crippen LogP contribution in [0.1, 0.15) is 32.6 Å². The van der Waals surface area contributed by atoms with E-state index in [9.17, 15) is 8.42 Å². The number of hydrogen-bond donors (Lipinski definition) is 0. The van der Waals surface area contributed by atoms with Gasteiger partial charge in [0.25, 0.3) is 0 Å². The van der Waals surface area contributed by atoms with Gasteiger partial charge in [-0.05, 0) is 44.6 Å². The average Bonchev–Trinajstić information content (AvgIpc) is 2.43. The summed E-state index contributed by atoms with van der Waals surface area (Å²) >= 11 is 0. The molecule has 120 valence electrons. The first-order valence-corrected chi connectivity index (χ1v) is 9.44. The Morgan fingerprint density at radius 1 is 1.14 bits per heavy atom. The van der Waals surface area contributed by atoms with E-state index in [1.54, 1.807) is 24.3 Å². The number of unbranched alkanes of at least 4 members (excludes halogenated alkanes) is 2. The Kier molecular flexibility index (Phi) is 7.75. The van der Waals surface area contributed by atoms with Crippen molar-refractivity contribution in [3.05, 3.63) is 24.3 Å². The van der Waals surface area contributed by atoms with Crippen molar-refractivity contribution in [2.24, 2.45) is 0 Å². The first-order valence-electron chi connectivity index (χ1n) is 7.55. The summed E-state index contributed by atoms with van der Waals surface area (Å²) < 4.78 is 28.6. The predicted octanol–water partition coefficient (Wildman–Crippen LogP) is 2.98. The lowest BCUT2D eigenvalue weighted by Gasteiger charge is -2.16. The Bertz CT molecular complexity index is 514. The van der Waals surface area contributed by atoms with Crippen LogP contribution in [-0.4, -0.2) is 46.3 Å². The third-order valence-corrected chi connectivity index (χ3v) is 4.44. The molecule has 0 amide bonds. The van der Waals surface area contributed by atoms with Crippen LogP contribution in [0.2, 0.25) is 0 Å². The fourth-order valence-corrected chi connectivity index (χ4v) is 2.72. The Labute approximate surface area is 129 Å². The van der Waals surface area contributed by atoms with Gasteiger partial charge in [0.05, 0.1) is 11.5 Å². The molecule has 0 fully saturated rings. The normalized spacial score (nSPS) is 11.8. The van der Waals surface area contributed by atoms with Gasteiger partial charge in [-0.15, -0.1) is 0 Å². The molecule has 0 radical (unpaired) electrons. The highest BCUT2D eigenvalue weighted by Crippen LogP contribution is 2.17. The van der Waals surface area contributed by atoms with Crippen molar-refractivity contribution in [2.45, 2.75) is 37.5 Å². The minimum Gasteiger partial charge on any atom is -0.494 e. The second-order valence-electron chi connectivity index (χ2n) is 5.46. The quantitative estimate of drug-likeness (QED) is 0.623. The van der Waals surface area contributed by atoms with Crippen LogP contribution in [0.5, 0.6) is 5.75 Å². The highest BCUT2D eigenvalue weighted by molar-refractivity contribution is 7.90. The van der Waals surface area contributed by atoms with Crippen LogP contribution in [0.4, 0.5) is 0 Å². The molecular weight excluding hydrogens is 286 g/mol. The third kappa shape index (κ3) is 7.48. The van der Waals surface area contributed by atoms with E-state index < -0.39 is 9.84 Å². The summed E-state index contributed by atoms with van der Waals surface area (Å²) in [6, 6.07) is 6.67. The minimum absolute atomic E-state index is 0.302. The number of ether oxygens (including phenoxy) is 1. The molecule has 21 heavy (non-hydrogen) atoms. The van der Waals surface area contributed by atoms with Gasteiger partial charge in [-0.1, -0.05) is 25.8 Å². The summed E-state index contributed by atoms with van der Waals surface area (Å²) in [7, 11) is -1.05. The first kappa shape index (κ1) is 18.0. The van der Waals surface area contributed by atoms with Crippen molar-refractivity contribution in [1.29, 1.82) is 0 Å². The van der Waals surface area contributed by atoms with E-state index in [-0.39, 0.29) is 0 Å². The molecule has 0 atom stereocenters. The number of sulfone groups is 1. The minimum atomic E-state index is -3.17. The fourth-order valence-electron chi connectivity index (χ4n) is 2.06. The third-order valence-electron chi connectivity index (χ3n) is 3.33. The largest absolute Gasteiger partial charge is 0.494 e. The smallest absolute Gasteiger partial charge is 0.175 e. The zero-order valence-electron chi connectivity index (χ0n) is 13.3. The summed E-state index contributed by atoms with van der Waals surface area (Å²) in [6.45, 7) is 4.93. The van der Waals surface area contributed by atoms with Gasteiger partial charge in [-0.2, -0.15) is 0 Å². The van der Waals surface area contributed by atoms with Gasteiger partial charge < -0.3 is 9.64 Å². The average molecular weight is 313 g/mol. The van der Waals surface area contributed by atoms with Crippen LogP contribution < -0.4 is 4.74 Å². The van der Waals surface area contributed by atoms with Gasteiger partial charge in [0.2, 0.25) is 0 Å². The van der Waals surface area contributed by atoms with Gasteiger partial charge >= 0.3 is 0 Å². The number of hydrogen-bond acceptors (Lipinski definition) is 4. The van der Waals surface area contributed by atoms with Gasteiger partial charge in [0, 0.05) is 12.8 Å². The summed E-state index contributed by atoms with van der Waals surface area (Å²) in [5.74, 6) is 0.617. The van der Waals surface area contributed by atoms with Gasteiger partial charge in [-0.25, -0.2) is 8.42 Å². The van der Waals surface area contributed by atoms with Gasteiger partial charge in [0.1, 0.15) is 5.75 Å². The van der Waals surface area contributed by atoms with E-state index >= 15 is 0 Å². The Morgan fingerprint density at radius 2 is 1.86 bits per heavy atom. The molecule has 0 aliphatic heterocycles. The lowest BCUT2D eigenvalue weighted by Crippen LogP contribution is -2.22. The zero-order valence-corrected chi connectivity index (χ0v) is 14.2. The standard InChI is InChI=1S/C16H27NO3S/c1-4-5-6-11-17(2)12-8-13-20-15-9-7-10-16(14-15)21(3,18)19/h7,9-10,14H,4-6,8,11-13H2,1-3H3. The molecule has 1 rings (SSSR count). The van der Waals surface area contributed by atoms with E-state index in [1.807, 2.05) is 0 Å². The van der Waals surface area contributed by atoms with Crippen LogP contribution >= 0.6 is 0 Å². The monoisotopic (exact) mass is 313 g/mol. The highest BCUT2D eigenvalue weighted by atomic mass is 32.2. The van der Waals surface area contributed by atoms with Crippen molar-refractivity contribution >= 4 is 9.84 Å². The van der Waals surface area contributed by atoms with Crippen LogP contribution in [0, 0.1) is 0 Å². The molecule has 0 saturated heterocycles. The lowest BCUT2D eigenvalue weighted by molar-refractivity contribution is 0.259. The van der Waals surface area contributed by atoms with E-state index in [0.29, 0.717) is 17.3 Å². The van der Waals surface area contributed by atoms with Crippen molar-refractivity contribution in [2.75, 3.05) is 33.0 Å². The van der Waals surface area contributed by atoms with E-state index in [4.69, 9.17) is 4.74 Å². The Morgan fingerprint density at radius 3 is 2.52 bits per heavy atom. The molecule has 0 aromatic heterocycles. The number of nitrogens with zero attached hydrogens (tertiary/aromatic N) is 1. The lowest BCUT2D eigenvalue weighted by atomic mass is 10.2. The molecule has 5 heteroatoms. The predicted molar refractivity (Wildman–Crippen MR) is 86.7 cm³/mol. The molecule has 0 aliphatic carbocycles. The first-order chi connectivity index (χ1) is 9.93. The maximum absolute atomic E-state index is 11.5. The van der Waals surface area contributed by atoms with E-state index in [0.717, 1.165) is 19.5 Å². The van der Waals surface area contributed by atoms with Gasteiger partial charge in [-0.3, -0.25) is 0 Å². The van der Waals surface area contributed by atoms with Crippen LogP contribution in [0.3, 0.4) is 0 Å². The molecule has 1 aromatic carbocycles. The highest BCUT2D eigenvalue weighted by Gasteiger charge is 2.07. The zero-order chi connectivity index (χ0) is 15.7. The summed E-state index contributed by atoms with van der Waals surface area (Å²) in [5, 5.41) is 0. The molecule has 0 aliphatic rings. The fraction of sp³-hybridized carbons (Fsp3) is 0.625. The summed E-state index contributed by atoms with van der Waals surface area (Å²) in [4.78, 5) is 2.61. The summed E-state index contributed by atoms with van der Waals surface area (Å²) in [6.07, 6.45) is 5.90. The Hall–Kier alpha value is -1.07.